The van der Waals surface area contributed by atoms with Crippen molar-refractivity contribution in [3.63, 3.8) is 0 Å². The predicted molar refractivity (Wildman–Crippen MR) is 121 cm³/mol. The van der Waals surface area contributed by atoms with Gasteiger partial charge in [0.15, 0.2) is 0 Å². The van der Waals surface area contributed by atoms with Crippen LogP contribution < -0.4 is 10.2 Å². The van der Waals surface area contributed by atoms with Gasteiger partial charge in [0.2, 0.25) is 5.95 Å². The lowest BCUT2D eigenvalue weighted by Crippen LogP contribution is -2.13. The highest BCUT2D eigenvalue weighted by Crippen LogP contribution is 2.31. The molecule has 0 aliphatic carbocycles. The number of aromatic nitrogens is 2. The van der Waals surface area contributed by atoms with Gasteiger partial charge in [-0.1, -0.05) is 41.9 Å². The molecule has 0 saturated heterocycles. The highest BCUT2D eigenvalue weighted by atomic mass is 35.5. The zero-order valence-corrected chi connectivity index (χ0v) is 17.1. The van der Waals surface area contributed by atoms with Gasteiger partial charge in [-0.2, -0.15) is 4.98 Å². The van der Waals surface area contributed by atoms with Crippen molar-refractivity contribution in [3.8, 4) is 0 Å². The summed E-state index contributed by atoms with van der Waals surface area (Å²) in [6.07, 6.45) is 0. The molecule has 1 heterocycles. The zero-order chi connectivity index (χ0) is 18.8. The maximum atomic E-state index is 6.07. The fourth-order valence-electron chi connectivity index (χ4n) is 3.03. The number of halogens is 2. The minimum Gasteiger partial charge on any atom is -0.329 e. The minimum atomic E-state index is 0. The Morgan fingerprint density at radius 1 is 0.893 bits per heavy atom. The summed E-state index contributed by atoms with van der Waals surface area (Å²) < 4.78 is 0. The fraction of sp³-hybridized carbons (Fsp3) is 0.0909. The monoisotopic (exact) mass is 410 g/mol. The van der Waals surface area contributed by atoms with Crippen LogP contribution in [0.4, 0.5) is 23.1 Å². The van der Waals surface area contributed by atoms with Gasteiger partial charge in [0.25, 0.3) is 0 Å². The Hall–Kier alpha value is -2.82. The molecule has 0 bridgehead atoms. The van der Waals surface area contributed by atoms with Crippen molar-refractivity contribution in [2.45, 2.75) is 6.92 Å². The normalized spacial score (nSPS) is 10.4. The molecule has 4 rings (SSSR count). The molecular weight excluding hydrogens is 391 g/mol. The molecule has 0 fully saturated rings. The number of anilines is 4. The van der Waals surface area contributed by atoms with Crippen LogP contribution in [-0.4, -0.2) is 17.0 Å². The van der Waals surface area contributed by atoms with Crippen molar-refractivity contribution in [2.24, 2.45) is 0 Å². The van der Waals surface area contributed by atoms with Crippen LogP contribution in [0, 0.1) is 6.92 Å². The van der Waals surface area contributed by atoms with Gasteiger partial charge in [-0.15, -0.1) is 12.4 Å². The van der Waals surface area contributed by atoms with Crippen LogP contribution in [0.15, 0.2) is 72.8 Å². The number of aryl methyl sites for hydroxylation is 1. The van der Waals surface area contributed by atoms with E-state index in [4.69, 9.17) is 16.6 Å². The predicted octanol–water partition coefficient (Wildman–Crippen LogP) is 6.52. The Kier molecular flexibility index (Phi) is 6.02. The molecule has 28 heavy (non-hydrogen) atoms. The largest absolute Gasteiger partial charge is 0.329 e. The first-order valence-electron chi connectivity index (χ1n) is 8.70. The number of benzene rings is 3. The fourth-order valence-corrected chi connectivity index (χ4v) is 3.26. The van der Waals surface area contributed by atoms with Crippen molar-refractivity contribution < 1.29 is 0 Å². The molecule has 0 atom stereocenters. The lowest BCUT2D eigenvalue weighted by Gasteiger charge is -2.21. The summed E-state index contributed by atoms with van der Waals surface area (Å²) in [7, 11) is 2.02. The zero-order valence-electron chi connectivity index (χ0n) is 15.6. The van der Waals surface area contributed by atoms with E-state index in [1.54, 1.807) is 0 Å². The second kappa shape index (κ2) is 8.46. The summed E-state index contributed by atoms with van der Waals surface area (Å²) in [5, 5.41) is 5.04. The highest BCUT2D eigenvalue weighted by molar-refractivity contribution is 6.30. The number of nitrogens with zero attached hydrogens (tertiary/aromatic N) is 3. The Labute approximate surface area is 175 Å². The quantitative estimate of drug-likeness (QED) is 0.415. The number of nitrogens with one attached hydrogen (secondary N) is 1. The molecule has 142 valence electrons. The van der Waals surface area contributed by atoms with E-state index in [0.29, 0.717) is 11.0 Å². The number of hydrogen-bond acceptors (Lipinski definition) is 4. The summed E-state index contributed by atoms with van der Waals surface area (Å²) in [6.45, 7) is 2.01. The van der Waals surface area contributed by atoms with Crippen molar-refractivity contribution in [2.75, 3.05) is 17.3 Å². The van der Waals surface area contributed by atoms with E-state index in [0.717, 1.165) is 33.7 Å². The van der Waals surface area contributed by atoms with E-state index in [-0.39, 0.29) is 12.4 Å². The summed E-state index contributed by atoms with van der Waals surface area (Å²) in [5.74, 6) is 1.40. The third-order valence-electron chi connectivity index (χ3n) is 4.48. The molecule has 4 nitrogen and oxygen atoms in total. The van der Waals surface area contributed by atoms with E-state index < -0.39 is 0 Å². The molecule has 1 aromatic heterocycles. The Morgan fingerprint density at radius 2 is 1.61 bits per heavy atom. The molecule has 0 saturated carbocycles. The third kappa shape index (κ3) is 4.03. The van der Waals surface area contributed by atoms with Gasteiger partial charge in [-0.3, -0.25) is 0 Å². The molecule has 0 aliphatic heterocycles. The van der Waals surface area contributed by atoms with E-state index >= 15 is 0 Å². The molecule has 0 aliphatic rings. The van der Waals surface area contributed by atoms with Crippen LogP contribution in [0.3, 0.4) is 0 Å². The molecule has 4 aromatic rings. The lowest BCUT2D eigenvalue weighted by atomic mass is 10.2. The first kappa shape index (κ1) is 19.9. The number of rotatable bonds is 4. The topological polar surface area (TPSA) is 41.1 Å². The van der Waals surface area contributed by atoms with Crippen LogP contribution in [0.2, 0.25) is 5.02 Å². The maximum absolute atomic E-state index is 6.07. The standard InChI is InChI=1S/C22H19ClN4.ClH/c1-15-14-16(23)12-13-19(15)24-22-25-20-11-7-6-10-18(20)21(26-22)27(2)17-8-4-3-5-9-17;/h3-14H,1-2H3,(H,24,25,26);1H. The van der Waals surface area contributed by atoms with Crippen molar-refractivity contribution in [1.82, 2.24) is 9.97 Å². The SMILES string of the molecule is Cc1cc(Cl)ccc1Nc1nc(N(C)c2ccccc2)c2ccccc2n1.Cl. The van der Waals surface area contributed by atoms with Crippen LogP contribution in [0.1, 0.15) is 5.56 Å². The second-order valence-corrected chi connectivity index (χ2v) is 6.80. The van der Waals surface area contributed by atoms with Gasteiger partial charge >= 0.3 is 0 Å². The summed E-state index contributed by atoms with van der Waals surface area (Å²) in [6, 6.07) is 23.9. The molecule has 0 radical (unpaired) electrons. The van der Waals surface area contributed by atoms with E-state index in [9.17, 15) is 0 Å². The van der Waals surface area contributed by atoms with Crippen LogP contribution in [0.5, 0.6) is 0 Å². The molecule has 0 amide bonds. The first-order valence-corrected chi connectivity index (χ1v) is 9.08. The molecule has 0 spiro atoms. The molecular formula is C22H20Cl2N4. The van der Waals surface area contributed by atoms with Gasteiger partial charge in [0, 0.05) is 28.8 Å². The van der Waals surface area contributed by atoms with Crippen molar-refractivity contribution >= 4 is 58.1 Å². The van der Waals surface area contributed by atoms with Gasteiger partial charge in [-0.25, -0.2) is 4.98 Å². The van der Waals surface area contributed by atoms with Crippen LogP contribution >= 0.6 is 24.0 Å². The Morgan fingerprint density at radius 3 is 2.36 bits per heavy atom. The summed E-state index contributed by atoms with van der Waals surface area (Å²) in [4.78, 5) is 11.6. The average Bonchev–Trinajstić information content (AvgIpc) is 2.69. The van der Waals surface area contributed by atoms with E-state index in [1.165, 1.54) is 0 Å². The molecule has 0 unspecified atom stereocenters. The second-order valence-electron chi connectivity index (χ2n) is 6.37. The van der Waals surface area contributed by atoms with E-state index in [2.05, 4.69) is 27.3 Å². The number of fused-ring (bicyclic) bond motifs is 1. The molecule has 3 aromatic carbocycles. The molecule has 6 heteroatoms. The van der Waals surface area contributed by atoms with Gasteiger partial charge in [-0.05, 0) is 55.0 Å². The van der Waals surface area contributed by atoms with Gasteiger partial charge in [0.1, 0.15) is 5.82 Å². The van der Waals surface area contributed by atoms with Crippen LogP contribution in [0.25, 0.3) is 10.9 Å². The van der Waals surface area contributed by atoms with Gasteiger partial charge in [0.05, 0.1) is 5.52 Å². The van der Waals surface area contributed by atoms with Gasteiger partial charge < -0.3 is 10.2 Å². The van der Waals surface area contributed by atoms with E-state index in [1.807, 2.05) is 74.6 Å². The lowest BCUT2D eigenvalue weighted by molar-refractivity contribution is 1.11. The first-order chi connectivity index (χ1) is 13.1. The molecule has 1 N–H and O–H groups in total. The van der Waals surface area contributed by atoms with Crippen molar-refractivity contribution in [3.05, 3.63) is 83.4 Å². The minimum absolute atomic E-state index is 0. The van der Waals surface area contributed by atoms with Crippen molar-refractivity contribution in [1.29, 1.82) is 0 Å². The third-order valence-corrected chi connectivity index (χ3v) is 4.71. The average molecular weight is 411 g/mol. The Balaban J connectivity index is 0.00000225. The Bertz CT molecular complexity index is 1100. The van der Waals surface area contributed by atoms with Crippen LogP contribution in [-0.2, 0) is 0 Å². The summed E-state index contributed by atoms with van der Waals surface area (Å²) >= 11 is 6.07. The summed E-state index contributed by atoms with van der Waals surface area (Å²) in [5.41, 5.74) is 3.93. The smallest absolute Gasteiger partial charge is 0.229 e. The number of para-hydroxylation sites is 2. The number of hydrogen-bond donors (Lipinski definition) is 1. The highest BCUT2D eigenvalue weighted by Gasteiger charge is 2.13. The maximum Gasteiger partial charge on any atom is 0.229 e.